The lowest BCUT2D eigenvalue weighted by molar-refractivity contribution is 0.0995. The third-order valence-electron chi connectivity index (χ3n) is 2.35. The highest BCUT2D eigenvalue weighted by atomic mass is 79.9. The fourth-order valence-electron chi connectivity index (χ4n) is 1.53. The maximum Gasteiger partial charge on any atom is 0.291 e. The van der Waals surface area contributed by atoms with Crippen LogP contribution in [-0.4, -0.2) is 20.5 Å². The van der Waals surface area contributed by atoms with Crippen LogP contribution >= 0.6 is 15.9 Å². The first-order valence-corrected chi connectivity index (χ1v) is 5.88. The molecule has 0 aliphatic rings. The molecule has 7 heteroatoms. The number of rotatable bonds is 2. The van der Waals surface area contributed by atoms with E-state index in [-0.39, 0.29) is 11.7 Å². The third-order valence-corrected chi connectivity index (χ3v) is 2.77. The molecule has 0 saturated heterocycles. The molecule has 90 valence electrons. The summed E-state index contributed by atoms with van der Waals surface area (Å²) in [5.74, 6) is -0.0705. The van der Waals surface area contributed by atoms with Crippen LogP contribution in [0.5, 0.6) is 0 Å². The summed E-state index contributed by atoms with van der Waals surface area (Å²) in [6, 6.07) is 6.77. The van der Waals surface area contributed by atoms with Crippen molar-refractivity contribution in [3.8, 4) is 0 Å². The minimum absolute atomic E-state index is 0.241. The summed E-state index contributed by atoms with van der Waals surface area (Å²) in [5, 5.41) is 10.4. The van der Waals surface area contributed by atoms with Crippen LogP contribution in [0.1, 0.15) is 10.6 Å². The van der Waals surface area contributed by atoms with Crippen molar-refractivity contribution in [2.24, 2.45) is 0 Å². The zero-order valence-corrected chi connectivity index (χ0v) is 10.6. The molecule has 0 aliphatic carbocycles. The Balaban J connectivity index is 1.85. The summed E-state index contributed by atoms with van der Waals surface area (Å²) in [6.45, 7) is 0. The smallest absolute Gasteiger partial charge is 0.291 e. The minimum atomic E-state index is -0.312. The number of pyridine rings is 1. The van der Waals surface area contributed by atoms with E-state index in [0.29, 0.717) is 16.0 Å². The Hall–Kier alpha value is -2.15. The number of aromatic nitrogens is 3. The Bertz CT molecular complexity index is 718. The topological polar surface area (TPSA) is 72.4 Å². The second-order valence-electron chi connectivity index (χ2n) is 3.57. The lowest BCUT2D eigenvalue weighted by atomic mass is 10.3. The van der Waals surface area contributed by atoms with Gasteiger partial charge >= 0.3 is 0 Å². The largest absolute Gasteiger partial charge is 0.444 e. The van der Waals surface area contributed by atoms with Gasteiger partial charge in [0.25, 0.3) is 5.91 Å². The maximum absolute atomic E-state index is 11.8. The normalized spacial score (nSPS) is 10.7. The van der Waals surface area contributed by atoms with Crippen LogP contribution in [0.25, 0.3) is 5.65 Å². The first kappa shape index (κ1) is 11.0. The van der Waals surface area contributed by atoms with Gasteiger partial charge in [-0.05, 0) is 40.2 Å². The van der Waals surface area contributed by atoms with Gasteiger partial charge in [-0.1, -0.05) is 0 Å². The Labute approximate surface area is 110 Å². The Kier molecular flexibility index (Phi) is 2.60. The number of nitrogens with zero attached hydrogens (tertiary/aromatic N) is 3. The van der Waals surface area contributed by atoms with E-state index < -0.39 is 0 Å². The Morgan fingerprint density at radius 2 is 2.22 bits per heavy atom. The van der Waals surface area contributed by atoms with Crippen molar-refractivity contribution >= 4 is 33.2 Å². The molecule has 18 heavy (non-hydrogen) atoms. The molecule has 3 rings (SSSR count). The Morgan fingerprint density at radius 1 is 1.33 bits per heavy atom. The highest BCUT2D eigenvalue weighted by molar-refractivity contribution is 9.10. The van der Waals surface area contributed by atoms with Crippen LogP contribution < -0.4 is 5.32 Å². The highest BCUT2D eigenvalue weighted by Gasteiger charge is 2.10. The molecule has 0 spiro atoms. The number of fused-ring (bicyclic) bond motifs is 1. The quantitative estimate of drug-likeness (QED) is 0.788. The number of nitrogens with one attached hydrogen (secondary N) is 1. The first-order chi connectivity index (χ1) is 8.72. The number of hydrogen-bond donors (Lipinski definition) is 1. The van der Waals surface area contributed by atoms with Gasteiger partial charge in [-0.3, -0.25) is 9.20 Å². The minimum Gasteiger partial charge on any atom is -0.444 e. The molecular weight excluding hydrogens is 300 g/mol. The summed E-state index contributed by atoms with van der Waals surface area (Å²) >= 11 is 3.15. The van der Waals surface area contributed by atoms with Crippen LogP contribution in [0.2, 0.25) is 0 Å². The summed E-state index contributed by atoms with van der Waals surface area (Å²) < 4.78 is 7.39. The standard InChI is InChI=1S/C11H7BrN4O2/c12-9-3-2-8(18-9)11(17)14-7-1-4-10-15-13-6-16(10)5-7/h1-6H,(H,14,17). The van der Waals surface area contributed by atoms with E-state index in [2.05, 4.69) is 31.4 Å². The first-order valence-electron chi connectivity index (χ1n) is 5.08. The molecular formula is C11H7BrN4O2. The second kappa shape index (κ2) is 4.26. The van der Waals surface area contributed by atoms with Gasteiger partial charge in [0.05, 0.1) is 5.69 Å². The number of carbonyl (C=O) groups is 1. The lowest BCUT2D eigenvalue weighted by Gasteiger charge is -2.03. The van der Waals surface area contributed by atoms with Crippen molar-refractivity contribution in [2.45, 2.75) is 0 Å². The van der Waals surface area contributed by atoms with Gasteiger partial charge in [0.2, 0.25) is 0 Å². The van der Waals surface area contributed by atoms with Crippen LogP contribution in [0.15, 0.2) is 45.9 Å². The number of amides is 1. The predicted molar refractivity (Wildman–Crippen MR) is 67.3 cm³/mol. The number of hydrogen-bond acceptors (Lipinski definition) is 4. The molecule has 0 saturated carbocycles. The van der Waals surface area contributed by atoms with Crippen LogP contribution in [-0.2, 0) is 0 Å². The van der Waals surface area contributed by atoms with Gasteiger partial charge in [-0.2, -0.15) is 0 Å². The summed E-state index contributed by atoms with van der Waals surface area (Å²) in [4.78, 5) is 11.8. The highest BCUT2D eigenvalue weighted by Crippen LogP contribution is 2.16. The van der Waals surface area contributed by atoms with Crippen LogP contribution in [0, 0.1) is 0 Å². The van der Waals surface area contributed by atoms with E-state index in [4.69, 9.17) is 4.42 Å². The maximum atomic E-state index is 11.8. The molecule has 6 nitrogen and oxygen atoms in total. The third kappa shape index (κ3) is 2.00. The monoisotopic (exact) mass is 306 g/mol. The van der Waals surface area contributed by atoms with E-state index >= 15 is 0 Å². The number of carbonyl (C=O) groups excluding carboxylic acids is 1. The van der Waals surface area contributed by atoms with Crippen molar-refractivity contribution in [1.82, 2.24) is 14.6 Å². The van der Waals surface area contributed by atoms with E-state index in [1.807, 2.05) is 0 Å². The molecule has 0 aliphatic heterocycles. The van der Waals surface area contributed by atoms with Crippen molar-refractivity contribution in [1.29, 1.82) is 0 Å². The van der Waals surface area contributed by atoms with E-state index in [1.54, 1.807) is 41.2 Å². The lowest BCUT2D eigenvalue weighted by Crippen LogP contribution is -2.11. The average molecular weight is 307 g/mol. The number of anilines is 1. The fourth-order valence-corrected chi connectivity index (χ4v) is 1.84. The molecule has 0 aromatic carbocycles. The van der Waals surface area contributed by atoms with Crippen molar-refractivity contribution in [3.63, 3.8) is 0 Å². The number of halogens is 1. The van der Waals surface area contributed by atoms with Gasteiger partial charge < -0.3 is 9.73 Å². The van der Waals surface area contributed by atoms with E-state index in [1.165, 1.54) is 0 Å². The van der Waals surface area contributed by atoms with Gasteiger partial charge in [0.15, 0.2) is 16.1 Å². The van der Waals surface area contributed by atoms with E-state index in [9.17, 15) is 4.79 Å². The molecule has 3 aromatic heterocycles. The molecule has 3 heterocycles. The molecule has 0 atom stereocenters. The molecule has 0 bridgehead atoms. The Morgan fingerprint density at radius 3 is 3.00 bits per heavy atom. The average Bonchev–Trinajstić information content (AvgIpc) is 2.96. The van der Waals surface area contributed by atoms with E-state index in [0.717, 1.165) is 0 Å². The van der Waals surface area contributed by atoms with Gasteiger partial charge in [0, 0.05) is 6.20 Å². The predicted octanol–water partition coefficient (Wildman–Crippen LogP) is 2.34. The molecule has 3 aromatic rings. The summed E-state index contributed by atoms with van der Waals surface area (Å²) in [5.41, 5.74) is 1.36. The number of furan rings is 1. The zero-order chi connectivity index (χ0) is 12.5. The van der Waals surface area contributed by atoms with Crippen molar-refractivity contribution < 1.29 is 9.21 Å². The van der Waals surface area contributed by atoms with Crippen LogP contribution in [0.4, 0.5) is 5.69 Å². The second-order valence-corrected chi connectivity index (χ2v) is 4.35. The van der Waals surface area contributed by atoms with Gasteiger partial charge in [0.1, 0.15) is 6.33 Å². The van der Waals surface area contributed by atoms with Crippen molar-refractivity contribution in [2.75, 3.05) is 5.32 Å². The molecule has 0 radical (unpaired) electrons. The molecule has 0 fully saturated rings. The zero-order valence-electron chi connectivity index (χ0n) is 9.00. The molecule has 1 N–H and O–H groups in total. The van der Waals surface area contributed by atoms with Gasteiger partial charge in [-0.15, -0.1) is 10.2 Å². The summed E-state index contributed by atoms with van der Waals surface area (Å²) in [7, 11) is 0. The van der Waals surface area contributed by atoms with Crippen molar-refractivity contribution in [3.05, 3.63) is 47.2 Å². The molecule has 0 unspecified atom stereocenters. The van der Waals surface area contributed by atoms with Crippen LogP contribution in [0.3, 0.4) is 0 Å². The molecule has 1 amide bonds. The summed E-state index contributed by atoms with van der Waals surface area (Å²) in [6.07, 6.45) is 3.29. The van der Waals surface area contributed by atoms with Gasteiger partial charge in [-0.25, -0.2) is 0 Å². The SMILES string of the molecule is O=C(Nc1ccc2nncn2c1)c1ccc(Br)o1. The fraction of sp³-hybridized carbons (Fsp3) is 0.